The van der Waals surface area contributed by atoms with E-state index < -0.39 is 0 Å². The van der Waals surface area contributed by atoms with Gasteiger partial charge in [0.2, 0.25) is 5.91 Å². The molecule has 1 atom stereocenters. The number of piperazine rings is 1. The molecule has 1 heterocycles. The highest BCUT2D eigenvalue weighted by Crippen LogP contribution is 2.22. The second-order valence-corrected chi connectivity index (χ2v) is 4.99. The van der Waals surface area contributed by atoms with Gasteiger partial charge in [-0.25, -0.2) is 0 Å². The van der Waals surface area contributed by atoms with E-state index in [4.69, 9.17) is 0 Å². The SMILES string of the molecule is CNCC1CN(c2cc(C)ccc2C)CC(=O)N1. The van der Waals surface area contributed by atoms with Crippen molar-refractivity contribution in [2.75, 3.05) is 31.6 Å². The second kappa shape index (κ2) is 5.40. The van der Waals surface area contributed by atoms with Gasteiger partial charge in [0.25, 0.3) is 0 Å². The number of nitrogens with one attached hydrogen (secondary N) is 2. The van der Waals surface area contributed by atoms with Crippen LogP contribution in [0, 0.1) is 13.8 Å². The third-order valence-corrected chi connectivity index (χ3v) is 3.30. The van der Waals surface area contributed by atoms with Crippen LogP contribution in [0.25, 0.3) is 0 Å². The number of rotatable bonds is 3. The Hall–Kier alpha value is -1.55. The minimum atomic E-state index is 0.0995. The number of anilines is 1. The van der Waals surface area contributed by atoms with Gasteiger partial charge in [-0.3, -0.25) is 4.79 Å². The van der Waals surface area contributed by atoms with Crippen molar-refractivity contribution in [3.8, 4) is 0 Å². The predicted octanol–water partition coefficient (Wildman–Crippen LogP) is 0.828. The van der Waals surface area contributed by atoms with Crippen molar-refractivity contribution in [1.29, 1.82) is 0 Å². The number of carbonyl (C=O) groups is 1. The van der Waals surface area contributed by atoms with Crippen LogP contribution in [0.1, 0.15) is 11.1 Å². The first-order chi connectivity index (χ1) is 8.60. The molecular weight excluding hydrogens is 226 g/mol. The van der Waals surface area contributed by atoms with Crippen LogP contribution in [0.5, 0.6) is 0 Å². The molecule has 0 radical (unpaired) electrons. The topological polar surface area (TPSA) is 44.4 Å². The first kappa shape index (κ1) is 12.9. The van der Waals surface area contributed by atoms with Crippen LogP contribution in [0.2, 0.25) is 0 Å². The van der Waals surface area contributed by atoms with E-state index in [1.54, 1.807) is 0 Å². The fraction of sp³-hybridized carbons (Fsp3) is 0.500. The van der Waals surface area contributed by atoms with Crippen molar-refractivity contribution in [2.45, 2.75) is 19.9 Å². The van der Waals surface area contributed by atoms with Crippen LogP contribution < -0.4 is 15.5 Å². The van der Waals surface area contributed by atoms with E-state index in [2.05, 4.69) is 47.6 Å². The lowest BCUT2D eigenvalue weighted by Gasteiger charge is -2.35. The van der Waals surface area contributed by atoms with E-state index in [0.29, 0.717) is 6.54 Å². The van der Waals surface area contributed by atoms with Crippen molar-refractivity contribution < 1.29 is 4.79 Å². The number of nitrogens with zero attached hydrogens (tertiary/aromatic N) is 1. The quantitative estimate of drug-likeness (QED) is 0.831. The largest absolute Gasteiger partial charge is 0.360 e. The number of amides is 1. The lowest BCUT2D eigenvalue weighted by atomic mass is 10.1. The summed E-state index contributed by atoms with van der Waals surface area (Å²) in [4.78, 5) is 13.9. The zero-order valence-corrected chi connectivity index (χ0v) is 11.3. The molecular formula is C14H21N3O. The Morgan fingerprint density at radius 1 is 1.44 bits per heavy atom. The highest BCUT2D eigenvalue weighted by atomic mass is 16.2. The van der Waals surface area contributed by atoms with Crippen LogP contribution in [-0.4, -0.2) is 38.6 Å². The zero-order valence-electron chi connectivity index (χ0n) is 11.3. The lowest BCUT2D eigenvalue weighted by molar-refractivity contribution is -0.121. The Balaban J connectivity index is 2.21. The van der Waals surface area contributed by atoms with Crippen molar-refractivity contribution in [3.63, 3.8) is 0 Å². The average Bonchev–Trinajstić information content (AvgIpc) is 2.32. The third kappa shape index (κ3) is 2.82. The van der Waals surface area contributed by atoms with Gasteiger partial charge in [-0.1, -0.05) is 12.1 Å². The monoisotopic (exact) mass is 247 g/mol. The van der Waals surface area contributed by atoms with Gasteiger partial charge in [0, 0.05) is 18.8 Å². The summed E-state index contributed by atoms with van der Waals surface area (Å²) in [5, 5.41) is 6.12. The van der Waals surface area contributed by atoms with Gasteiger partial charge < -0.3 is 15.5 Å². The molecule has 4 nitrogen and oxygen atoms in total. The number of likely N-dealkylation sites (N-methyl/N-ethyl adjacent to an activating group) is 1. The molecule has 1 aromatic carbocycles. The van der Waals surface area contributed by atoms with Gasteiger partial charge in [-0.05, 0) is 38.1 Å². The summed E-state index contributed by atoms with van der Waals surface area (Å²) < 4.78 is 0. The highest BCUT2D eigenvalue weighted by Gasteiger charge is 2.24. The maximum atomic E-state index is 11.7. The van der Waals surface area contributed by atoms with Crippen molar-refractivity contribution in [2.24, 2.45) is 0 Å². The summed E-state index contributed by atoms with van der Waals surface area (Å²) in [6.07, 6.45) is 0. The maximum absolute atomic E-state index is 11.7. The van der Waals surface area contributed by atoms with E-state index >= 15 is 0 Å². The molecule has 0 saturated carbocycles. The molecule has 0 spiro atoms. The number of hydrogen-bond acceptors (Lipinski definition) is 3. The van der Waals surface area contributed by atoms with Crippen LogP contribution in [0.15, 0.2) is 18.2 Å². The Morgan fingerprint density at radius 3 is 2.94 bits per heavy atom. The summed E-state index contributed by atoms with van der Waals surface area (Å²) in [5.74, 6) is 0.0995. The second-order valence-electron chi connectivity index (χ2n) is 4.99. The molecule has 0 aliphatic carbocycles. The molecule has 1 saturated heterocycles. The molecule has 4 heteroatoms. The smallest absolute Gasteiger partial charge is 0.239 e. The zero-order chi connectivity index (χ0) is 13.1. The number of benzene rings is 1. The van der Waals surface area contributed by atoms with Crippen LogP contribution in [0.4, 0.5) is 5.69 Å². The Kier molecular flexibility index (Phi) is 3.87. The molecule has 2 rings (SSSR count). The van der Waals surface area contributed by atoms with E-state index in [-0.39, 0.29) is 11.9 Å². The van der Waals surface area contributed by atoms with Crippen LogP contribution in [-0.2, 0) is 4.79 Å². The summed E-state index contributed by atoms with van der Waals surface area (Å²) in [5.41, 5.74) is 3.62. The van der Waals surface area contributed by atoms with Crippen LogP contribution >= 0.6 is 0 Å². The molecule has 1 unspecified atom stereocenters. The fourth-order valence-corrected chi connectivity index (χ4v) is 2.43. The van der Waals surface area contributed by atoms with E-state index in [1.807, 2.05) is 7.05 Å². The highest BCUT2D eigenvalue weighted by molar-refractivity contribution is 5.83. The molecule has 98 valence electrons. The van der Waals surface area contributed by atoms with Crippen LogP contribution in [0.3, 0.4) is 0 Å². The summed E-state index contributed by atoms with van der Waals surface area (Å²) >= 11 is 0. The minimum absolute atomic E-state index is 0.0995. The molecule has 0 bridgehead atoms. The number of carbonyl (C=O) groups excluding carboxylic acids is 1. The predicted molar refractivity (Wildman–Crippen MR) is 74.0 cm³/mol. The molecule has 1 aliphatic heterocycles. The minimum Gasteiger partial charge on any atom is -0.360 e. The van der Waals surface area contributed by atoms with Crippen molar-refractivity contribution in [1.82, 2.24) is 10.6 Å². The first-order valence-corrected chi connectivity index (χ1v) is 6.36. The van der Waals surface area contributed by atoms with E-state index in [9.17, 15) is 4.79 Å². The molecule has 0 aromatic heterocycles. The van der Waals surface area contributed by atoms with Gasteiger partial charge in [-0.2, -0.15) is 0 Å². The summed E-state index contributed by atoms with van der Waals surface area (Å²) in [7, 11) is 1.91. The maximum Gasteiger partial charge on any atom is 0.239 e. The molecule has 1 aromatic rings. The van der Waals surface area contributed by atoms with Gasteiger partial charge >= 0.3 is 0 Å². The molecule has 18 heavy (non-hydrogen) atoms. The number of aryl methyl sites for hydroxylation is 2. The Labute approximate surface area is 108 Å². The molecule has 2 N–H and O–H groups in total. The lowest BCUT2D eigenvalue weighted by Crippen LogP contribution is -2.57. The average molecular weight is 247 g/mol. The number of hydrogen-bond donors (Lipinski definition) is 2. The van der Waals surface area contributed by atoms with E-state index in [0.717, 1.165) is 13.1 Å². The Morgan fingerprint density at radius 2 is 2.22 bits per heavy atom. The van der Waals surface area contributed by atoms with Crippen molar-refractivity contribution in [3.05, 3.63) is 29.3 Å². The standard InChI is InChI=1S/C14H21N3O/c1-10-4-5-11(2)13(6-10)17-8-12(7-15-3)16-14(18)9-17/h4-6,12,15H,7-9H2,1-3H3,(H,16,18). The summed E-state index contributed by atoms with van der Waals surface area (Å²) in [6, 6.07) is 6.55. The molecule has 1 amide bonds. The first-order valence-electron chi connectivity index (χ1n) is 6.36. The third-order valence-electron chi connectivity index (χ3n) is 3.30. The summed E-state index contributed by atoms with van der Waals surface area (Å²) in [6.45, 7) is 6.28. The van der Waals surface area contributed by atoms with E-state index in [1.165, 1.54) is 16.8 Å². The van der Waals surface area contributed by atoms with Gasteiger partial charge in [0.1, 0.15) is 0 Å². The normalized spacial score (nSPS) is 19.8. The van der Waals surface area contributed by atoms with Gasteiger partial charge in [0.05, 0.1) is 12.6 Å². The Bertz CT molecular complexity index is 445. The molecule has 1 fully saturated rings. The fourth-order valence-electron chi connectivity index (χ4n) is 2.43. The molecule has 1 aliphatic rings. The van der Waals surface area contributed by atoms with Crippen molar-refractivity contribution >= 4 is 11.6 Å². The van der Waals surface area contributed by atoms with Gasteiger partial charge in [-0.15, -0.1) is 0 Å². The van der Waals surface area contributed by atoms with Gasteiger partial charge in [0.15, 0.2) is 0 Å².